The van der Waals surface area contributed by atoms with Gasteiger partial charge < -0.3 is 10.0 Å². The number of carboxylic acids is 1. The Morgan fingerprint density at radius 2 is 1.61 bits per heavy atom. The zero-order valence-electron chi connectivity index (χ0n) is 16.8. The van der Waals surface area contributed by atoms with Crippen LogP contribution in [0.5, 0.6) is 0 Å². The quantitative estimate of drug-likeness (QED) is 0.711. The summed E-state index contributed by atoms with van der Waals surface area (Å²) in [6, 6.07) is 7.04. The molecular weight excluding hydrogens is 380 g/mol. The average molecular weight is 411 g/mol. The minimum Gasteiger partial charge on any atom is -0.481 e. The van der Waals surface area contributed by atoms with E-state index in [4.69, 9.17) is 5.11 Å². The number of hydrogen-bond donors (Lipinski definition) is 1. The van der Waals surface area contributed by atoms with Crippen LogP contribution in [0.1, 0.15) is 51.5 Å². The second kappa shape index (κ2) is 9.52. The standard InChI is InChI=1S/C20H30N2O5S/c1-4-16(3)17-5-7-18(8-6-17)28(26,27)22-11-9-21(10-12-22)19(23)13-15(2)14-20(24)25/h5-8,15-16H,4,9-14H2,1-3H3,(H,24,25)/t15-,16-/m0/s1. The molecule has 2 rings (SSSR count). The monoisotopic (exact) mass is 410 g/mol. The Labute approximate surface area is 167 Å². The topological polar surface area (TPSA) is 95.0 Å². The van der Waals surface area contributed by atoms with Crippen LogP contribution < -0.4 is 0 Å². The van der Waals surface area contributed by atoms with E-state index < -0.39 is 16.0 Å². The first-order chi connectivity index (χ1) is 13.1. The van der Waals surface area contributed by atoms with E-state index in [-0.39, 0.29) is 42.7 Å². The molecule has 1 fully saturated rings. The zero-order chi connectivity index (χ0) is 20.9. The molecule has 1 aliphatic rings. The van der Waals surface area contributed by atoms with Crippen molar-refractivity contribution in [3.05, 3.63) is 29.8 Å². The molecule has 1 aliphatic heterocycles. The van der Waals surface area contributed by atoms with Crippen LogP contribution >= 0.6 is 0 Å². The Kier molecular flexibility index (Phi) is 7.60. The number of aliphatic carboxylic acids is 1. The Balaban J connectivity index is 1.96. The van der Waals surface area contributed by atoms with Crippen molar-refractivity contribution in [1.29, 1.82) is 0 Å². The average Bonchev–Trinajstić information content (AvgIpc) is 2.66. The van der Waals surface area contributed by atoms with Crippen LogP contribution in [0.15, 0.2) is 29.2 Å². The van der Waals surface area contributed by atoms with Gasteiger partial charge in [0.25, 0.3) is 0 Å². The third-order valence-corrected chi connectivity index (χ3v) is 7.25. The van der Waals surface area contributed by atoms with E-state index in [1.807, 2.05) is 12.1 Å². The van der Waals surface area contributed by atoms with Crippen molar-refractivity contribution < 1.29 is 23.1 Å². The van der Waals surface area contributed by atoms with Crippen LogP contribution in [-0.4, -0.2) is 60.8 Å². The molecule has 7 nitrogen and oxygen atoms in total. The Hall–Kier alpha value is -1.93. The van der Waals surface area contributed by atoms with Gasteiger partial charge in [-0.05, 0) is 36.0 Å². The number of carbonyl (C=O) groups excluding carboxylic acids is 1. The molecule has 1 heterocycles. The molecule has 8 heteroatoms. The number of nitrogens with zero attached hydrogens (tertiary/aromatic N) is 2. The summed E-state index contributed by atoms with van der Waals surface area (Å²) in [6.45, 7) is 7.07. The summed E-state index contributed by atoms with van der Waals surface area (Å²) >= 11 is 0. The van der Waals surface area contributed by atoms with Gasteiger partial charge in [0.1, 0.15) is 0 Å². The van der Waals surface area contributed by atoms with E-state index in [0.29, 0.717) is 19.0 Å². The minimum atomic E-state index is -3.58. The van der Waals surface area contributed by atoms with E-state index in [0.717, 1.165) is 12.0 Å². The second-order valence-electron chi connectivity index (χ2n) is 7.57. The SMILES string of the molecule is CC[C@H](C)c1ccc(S(=O)(=O)N2CCN(C(=O)C[C@H](C)CC(=O)O)CC2)cc1. The van der Waals surface area contributed by atoms with E-state index in [2.05, 4.69) is 13.8 Å². The molecule has 0 radical (unpaired) electrons. The number of carbonyl (C=O) groups is 2. The van der Waals surface area contributed by atoms with Crippen molar-refractivity contribution in [3.63, 3.8) is 0 Å². The molecule has 0 bridgehead atoms. The molecule has 2 atom stereocenters. The van der Waals surface area contributed by atoms with Gasteiger partial charge in [-0.15, -0.1) is 0 Å². The molecule has 1 amide bonds. The lowest BCUT2D eigenvalue weighted by molar-refractivity contribution is -0.138. The Morgan fingerprint density at radius 3 is 2.11 bits per heavy atom. The summed E-state index contributed by atoms with van der Waals surface area (Å²) in [4.78, 5) is 24.9. The molecule has 1 aromatic carbocycles. The van der Waals surface area contributed by atoms with Gasteiger partial charge in [-0.3, -0.25) is 9.59 Å². The van der Waals surface area contributed by atoms with E-state index in [1.165, 1.54) is 4.31 Å². The summed E-state index contributed by atoms with van der Waals surface area (Å²) in [5.41, 5.74) is 1.12. The number of hydrogen-bond acceptors (Lipinski definition) is 4. The van der Waals surface area contributed by atoms with Crippen molar-refractivity contribution in [3.8, 4) is 0 Å². The largest absolute Gasteiger partial charge is 0.481 e. The number of rotatable bonds is 8. The van der Waals surface area contributed by atoms with Crippen molar-refractivity contribution in [2.75, 3.05) is 26.2 Å². The van der Waals surface area contributed by atoms with Gasteiger partial charge in [-0.25, -0.2) is 8.42 Å². The maximum absolute atomic E-state index is 12.9. The zero-order valence-corrected chi connectivity index (χ0v) is 17.6. The highest BCUT2D eigenvalue weighted by Crippen LogP contribution is 2.23. The highest BCUT2D eigenvalue weighted by molar-refractivity contribution is 7.89. The predicted molar refractivity (Wildman–Crippen MR) is 107 cm³/mol. The molecule has 1 aromatic rings. The third-order valence-electron chi connectivity index (χ3n) is 5.34. The van der Waals surface area contributed by atoms with Crippen LogP contribution in [-0.2, 0) is 19.6 Å². The minimum absolute atomic E-state index is 0.0489. The summed E-state index contributed by atoms with van der Waals surface area (Å²) < 4.78 is 27.2. The van der Waals surface area contributed by atoms with Gasteiger partial charge in [0.05, 0.1) is 4.90 Å². The summed E-state index contributed by atoms with van der Waals surface area (Å²) in [6.07, 6.45) is 1.11. The first kappa shape index (κ1) is 22.4. The van der Waals surface area contributed by atoms with Crippen LogP contribution in [0, 0.1) is 5.92 Å². The third kappa shape index (κ3) is 5.54. The lowest BCUT2D eigenvalue weighted by atomic mass is 9.99. The Bertz CT molecular complexity index is 783. The summed E-state index contributed by atoms with van der Waals surface area (Å²) in [7, 11) is -3.58. The molecule has 1 saturated heterocycles. The molecule has 0 aliphatic carbocycles. The molecular formula is C20H30N2O5S. The lowest BCUT2D eigenvalue weighted by Gasteiger charge is -2.34. The molecule has 1 N–H and O–H groups in total. The fourth-order valence-electron chi connectivity index (χ4n) is 3.33. The van der Waals surface area contributed by atoms with Crippen molar-refractivity contribution >= 4 is 21.9 Å². The smallest absolute Gasteiger partial charge is 0.303 e. The van der Waals surface area contributed by atoms with E-state index in [9.17, 15) is 18.0 Å². The van der Waals surface area contributed by atoms with Crippen molar-refractivity contribution in [2.45, 2.75) is 50.8 Å². The second-order valence-corrected chi connectivity index (χ2v) is 9.51. The fraction of sp³-hybridized carbons (Fsp3) is 0.600. The molecule has 0 spiro atoms. The van der Waals surface area contributed by atoms with Gasteiger partial charge in [0.2, 0.25) is 15.9 Å². The van der Waals surface area contributed by atoms with Gasteiger partial charge in [0, 0.05) is 39.0 Å². The molecule has 28 heavy (non-hydrogen) atoms. The maximum atomic E-state index is 12.9. The molecule has 0 unspecified atom stereocenters. The first-order valence-electron chi connectivity index (χ1n) is 9.74. The lowest BCUT2D eigenvalue weighted by Crippen LogP contribution is -2.50. The van der Waals surface area contributed by atoms with E-state index in [1.54, 1.807) is 24.0 Å². The number of amides is 1. The van der Waals surface area contributed by atoms with Crippen LogP contribution in [0.3, 0.4) is 0 Å². The number of carboxylic acid groups (broad SMARTS) is 1. The highest BCUT2D eigenvalue weighted by atomic mass is 32.2. The van der Waals surface area contributed by atoms with Crippen LogP contribution in [0.4, 0.5) is 0 Å². The van der Waals surface area contributed by atoms with Crippen molar-refractivity contribution in [2.24, 2.45) is 5.92 Å². The number of sulfonamides is 1. The van der Waals surface area contributed by atoms with Crippen LogP contribution in [0.2, 0.25) is 0 Å². The van der Waals surface area contributed by atoms with Crippen LogP contribution in [0.25, 0.3) is 0 Å². The predicted octanol–water partition coefficient (Wildman–Crippen LogP) is 2.53. The highest BCUT2D eigenvalue weighted by Gasteiger charge is 2.30. The fourth-order valence-corrected chi connectivity index (χ4v) is 4.75. The molecule has 156 valence electrons. The van der Waals surface area contributed by atoms with Gasteiger partial charge >= 0.3 is 5.97 Å². The normalized spacial score (nSPS) is 17.9. The maximum Gasteiger partial charge on any atom is 0.303 e. The van der Waals surface area contributed by atoms with Gasteiger partial charge in [-0.1, -0.05) is 32.9 Å². The van der Waals surface area contributed by atoms with Gasteiger partial charge in [-0.2, -0.15) is 4.31 Å². The molecule has 0 saturated carbocycles. The summed E-state index contributed by atoms with van der Waals surface area (Å²) in [5.74, 6) is -0.898. The summed E-state index contributed by atoms with van der Waals surface area (Å²) in [5, 5.41) is 8.80. The van der Waals surface area contributed by atoms with Crippen molar-refractivity contribution in [1.82, 2.24) is 9.21 Å². The van der Waals surface area contributed by atoms with E-state index >= 15 is 0 Å². The van der Waals surface area contributed by atoms with Gasteiger partial charge in [0.15, 0.2) is 0 Å². The molecule has 0 aromatic heterocycles. The Morgan fingerprint density at radius 1 is 1.04 bits per heavy atom. The number of benzene rings is 1. The number of piperazine rings is 1. The first-order valence-corrected chi connectivity index (χ1v) is 11.2.